The van der Waals surface area contributed by atoms with Crippen LogP contribution in [0.4, 0.5) is 5.69 Å². The van der Waals surface area contributed by atoms with Gasteiger partial charge in [-0.1, -0.05) is 32.8 Å². The second-order valence-electron chi connectivity index (χ2n) is 5.97. The fraction of sp³-hybridized carbons (Fsp3) is 0.500. The van der Waals surface area contributed by atoms with Crippen molar-refractivity contribution in [3.05, 3.63) is 29.8 Å². The van der Waals surface area contributed by atoms with Crippen LogP contribution in [0.3, 0.4) is 0 Å². The maximum atomic E-state index is 12.4. The van der Waals surface area contributed by atoms with Crippen molar-refractivity contribution < 1.29 is 4.79 Å². The highest BCUT2D eigenvalue weighted by molar-refractivity contribution is 5.93. The first kappa shape index (κ1) is 13.6. The van der Waals surface area contributed by atoms with E-state index in [1.165, 1.54) is 6.42 Å². The largest absolute Gasteiger partial charge is 0.326 e. The highest BCUT2D eigenvalue weighted by Gasteiger charge is 2.37. The van der Waals surface area contributed by atoms with E-state index in [1.54, 1.807) is 18.2 Å². The molecule has 0 spiro atoms. The van der Waals surface area contributed by atoms with E-state index in [1.807, 2.05) is 6.07 Å². The molecule has 1 amide bonds. The zero-order chi connectivity index (χ0) is 13.9. The van der Waals surface area contributed by atoms with Crippen molar-refractivity contribution in [3.63, 3.8) is 0 Å². The summed E-state index contributed by atoms with van der Waals surface area (Å²) in [7, 11) is 0. The van der Waals surface area contributed by atoms with Gasteiger partial charge in [0.05, 0.1) is 11.6 Å². The van der Waals surface area contributed by atoms with E-state index in [4.69, 9.17) is 5.26 Å². The van der Waals surface area contributed by atoms with Gasteiger partial charge in [-0.25, -0.2) is 0 Å². The minimum Gasteiger partial charge on any atom is -0.326 e. The molecule has 3 nitrogen and oxygen atoms in total. The van der Waals surface area contributed by atoms with Crippen molar-refractivity contribution in [1.82, 2.24) is 0 Å². The third kappa shape index (κ3) is 3.14. The Bertz CT molecular complexity index is 514. The molecule has 1 fully saturated rings. The van der Waals surface area contributed by atoms with Crippen LogP contribution in [0.2, 0.25) is 0 Å². The molecule has 0 heterocycles. The van der Waals surface area contributed by atoms with E-state index < -0.39 is 0 Å². The first-order valence-corrected chi connectivity index (χ1v) is 6.84. The Kier molecular flexibility index (Phi) is 3.90. The molecule has 0 saturated heterocycles. The number of anilines is 1. The molecule has 0 radical (unpaired) electrons. The fourth-order valence-corrected chi connectivity index (χ4v) is 2.88. The number of hydrogen-bond acceptors (Lipinski definition) is 2. The Hall–Kier alpha value is -1.82. The van der Waals surface area contributed by atoms with E-state index in [9.17, 15) is 4.79 Å². The van der Waals surface area contributed by atoms with Gasteiger partial charge in [-0.3, -0.25) is 4.79 Å². The highest BCUT2D eigenvalue weighted by Crippen LogP contribution is 2.41. The normalized spacial score (nSPS) is 21.4. The Morgan fingerprint density at radius 1 is 1.42 bits per heavy atom. The van der Waals surface area contributed by atoms with Crippen molar-refractivity contribution >= 4 is 11.6 Å². The summed E-state index contributed by atoms with van der Waals surface area (Å²) in [5.41, 5.74) is 1.35. The van der Waals surface area contributed by atoms with Crippen LogP contribution >= 0.6 is 0 Å². The standard InChI is InChI=1S/C16H20N2O/c1-16(2)9-4-3-8-14(16)15(19)18-13-7-5-6-12(10-13)11-17/h5-7,10,14H,3-4,8-9H2,1-2H3,(H,18,19). The molecule has 1 aromatic rings. The van der Waals surface area contributed by atoms with Crippen LogP contribution in [0.15, 0.2) is 24.3 Å². The van der Waals surface area contributed by atoms with Gasteiger partial charge in [0.2, 0.25) is 5.91 Å². The van der Waals surface area contributed by atoms with E-state index in [-0.39, 0.29) is 17.2 Å². The molecule has 19 heavy (non-hydrogen) atoms. The molecule has 0 bridgehead atoms. The van der Waals surface area contributed by atoms with Gasteiger partial charge in [0.1, 0.15) is 0 Å². The molecule has 1 aliphatic carbocycles. The molecule has 1 unspecified atom stereocenters. The van der Waals surface area contributed by atoms with E-state index in [0.29, 0.717) is 11.3 Å². The Labute approximate surface area is 114 Å². The van der Waals surface area contributed by atoms with Gasteiger partial charge in [0.25, 0.3) is 0 Å². The van der Waals surface area contributed by atoms with Crippen molar-refractivity contribution in [2.45, 2.75) is 39.5 Å². The van der Waals surface area contributed by atoms with Crippen LogP contribution in [-0.2, 0) is 4.79 Å². The van der Waals surface area contributed by atoms with E-state index in [2.05, 4.69) is 25.2 Å². The highest BCUT2D eigenvalue weighted by atomic mass is 16.1. The SMILES string of the molecule is CC1(C)CCCCC1C(=O)Nc1cccc(C#N)c1. The smallest absolute Gasteiger partial charge is 0.228 e. The first-order chi connectivity index (χ1) is 9.03. The summed E-state index contributed by atoms with van der Waals surface area (Å²) in [6, 6.07) is 9.16. The molecule has 1 N–H and O–H groups in total. The lowest BCUT2D eigenvalue weighted by atomic mass is 9.68. The molecule has 2 rings (SSSR count). The van der Waals surface area contributed by atoms with Crippen molar-refractivity contribution in [1.29, 1.82) is 5.26 Å². The number of carbonyl (C=O) groups is 1. The molecule has 1 atom stereocenters. The summed E-state index contributed by atoms with van der Waals surface area (Å²) in [5.74, 6) is 0.145. The average molecular weight is 256 g/mol. The fourth-order valence-electron chi connectivity index (χ4n) is 2.88. The van der Waals surface area contributed by atoms with Gasteiger partial charge >= 0.3 is 0 Å². The number of nitrogens with one attached hydrogen (secondary N) is 1. The Balaban J connectivity index is 2.10. The summed E-state index contributed by atoms with van der Waals surface area (Å²) in [5, 5.41) is 11.8. The summed E-state index contributed by atoms with van der Waals surface area (Å²) in [4.78, 5) is 12.4. The molecule has 0 aromatic heterocycles. The minimum atomic E-state index is 0.0620. The van der Waals surface area contributed by atoms with Crippen LogP contribution in [0.5, 0.6) is 0 Å². The van der Waals surface area contributed by atoms with Crippen LogP contribution in [0.25, 0.3) is 0 Å². The number of amides is 1. The third-order valence-corrected chi connectivity index (χ3v) is 4.08. The van der Waals surface area contributed by atoms with Crippen molar-refractivity contribution in [2.24, 2.45) is 11.3 Å². The van der Waals surface area contributed by atoms with Gasteiger partial charge in [-0.15, -0.1) is 0 Å². The topological polar surface area (TPSA) is 52.9 Å². The second kappa shape index (κ2) is 5.44. The van der Waals surface area contributed by atoms with Gasteiger partial charge < -0.3 is 5.32 Å². The van der Waals surface area contributed by atoms with Crippen LogP contribution in [0, 0.1) is 22.7 Å². The molecule has 1 saturated carbocycles. The summed E-state index contributed by atoms with van der Waals surface area (Å²) < 4.78 is 0. The van der Waals surface area contributed by atoms with Crippen molar-refractivity contribution in [3.8, 4) is 6.07 Å². The molecule has 1 aromatic carbocycles. The zero-order valence-electron chi connectivity index (χ0n) is 11.6. The monoisotopic (exact) mass is 256 g/mol. The maximum Gasteiger partial charge on any atom is 0.228 e. The van der Waals surface area contributed by atoms with Crippen LogP contribution in [0.1, 0.15) is 45.1 Å². The van der Waals surface area contributed by atoms with Crippen LogP contribution in [-0.4, -0.2) is 5.91 Å². The van der Waals surface area contributed by atoms with Gasteiger partial charge in [-0.05, 0) is 36.5 Å². The zero-order valence-corrected chi connectivity index (χ0v) is 11.6. The Morgan fingerprint density at radius 3 is 2.89 bits per heavy atom. The van der Waals surface area contributed by atoms with E-state index in [0.717, 1.165) is 19.3 Å². The summed E-state index contributed by atoms with van der Waals surface area (Å²) in [6.45, 7) is 4.34. The minimum absolute atomic E-state index is 0.0620. The quantitative estimate of drug-likeness (QED) is 0.876. The summed E-state index contributed by atoms with van der Waals surface area (Å²) in [6.07, 6.45) is 4.39. The lowest BCUT2D eigenvalue weighted by molar-refractivity contribution is -0.124. The molecular formula is C16H20N2O. The lowest BCUT2D eigenvalue weighted by Crippen LogP contribution is -2.37. The molecule has 1 aliphatic rings. The maximum absolute atomic E-state index is 12.4. The number of carbonyl (C=O) groups excluding carboxylic acids is 1. The van der Waals surface area contributed by atoms with Crippen molar-refractivity contribution in [2.75, 3.05) is 5.32 Å². The molecule has 3 heteroatoms. The Morgan fingerprint density at radius 2 is 2.21 bits per heavy atom. The van der Waals surface area contributed by atoms with Gasteiger partial charge in [-0.2, -0.15) is 5.26 Å². The summed E-state index contributed by atoms with van der Waals surface area (Å²) >= 11 is 0. The number of benzene rings is 1. The number of nitriles is 1. The predicted octanol–water partition coefficient (Wildman–Crippen LogP) is 3.71. The first-order valence-electron chi connectivity index (χ1n) is 6.84. The lowest BCUT2D eigenvalue weighted by Gasteiger charge is -2.37. The number of rotatable bonds is 2. The number of hydrogen-bond donors (Lipinski definition) is 1. The van der Waals surface area contributed by atoms with Gasteiger partial charge in [0.15, 0.2) is 0 Å². The molecule has 0 aliphatic heterocycles. The van der Waals surface area contributed by atoms with Gasteiger partial charge in [0, 0.05) is 11.6 Å². The van der Waals surface area contributed by atoms with E-state index >= 15 is 0 Å². The van der Waals surface area contributed by atoms with Crippen LogP contribution < -0.4 is 5.32 Å². The average Bonchev–Trinajstić information content (AvgIpc) is 2.38. The third-order valence-electron chi connectivity index (χ3n) is 4.08. The predicted molar refractivity (Wildman–Crippen MR) is 75.5 cm³/mol. The number of nitrogens with zero attached hydrogens (tertiary/aromatic N) is 1. The molecule has 100 valence electrons. The molecular weight excluding hydrogens is 236 g/mol. The second-order valence-corrected chi connectivity index (χ2v) is 5.97.